The first-order chi connectivity index (χ1) is 6.03. The first-order valence-corrected chi connectivity index (χ1v) is 4.95. The summed E-state index contributed by atoms with van der Waals surface area (Å²) >= 11 is 0. The molecule has 0 aromatic carbocycles. The van der Waals surface area contributed by atoms with E-state index in [9.17, 15) is 4.79 Å². The number of rotatable bonds is 3. The van der Waals surface area contributed by atoms with Gasteiger partial charge in [0.25, 0.3) is 0 Å². The molecule has 2 atom stereocenters. The molecule has 0 radical (unpaired) electrons. The molecule has 1 rings (SSSR count). The molecule has 1 aliphatic rings. The Bertz CT molecular complexity index is 193. The Balaban J connectivity index is 2.82. The van der Waals surface area contributed by atoms with Crippen LogP contribution in [0.1, 0.15) is 33.1 Å². The fraction of sp³-hybridized carbons (Fsp3) is 0.900. The summed E-state index contributed by atoms with van der Waals surface area (Å²) in [7, 11) is 0. The van der Waals surface area contributed by atoms with Gasteiger partial charge in [0.05, 0.1) is 6.42 Å². The smallest absolute Gasteiger partial charge is 0.303 e. The van der Waals surface area contributed by atoms with Crippen molar-refractivity contribution < 1.29 is 9.90 Å². The summed E-state index contributed by atoms with van der Waals surface area (Å²) < 4.78 is 0. The van der Waals surface area contributed by atoms with Gasteiger partial charge in [-0.25, -0.2) is 0 Å². The highest BCUT2D eigenvalue weighted by molar-refractivity contribution is 5.68. The van der Waals surface area contributed by atoms with Gasteiger partial charge in [-0.05, 0) is 36.6 Å². The zero-order chi connectivity index (χ0) is 10.1. The van der Waals surface area contributed by atoms with E-state index in [1.165, 1.54) is 0 Å². The molecule has 0 saturated heterocycles. The van der Waals surface area contributed by atoms with Crippen molar-refractivity contribution >= 4 is 5.97 Å². The molecule has 0 spiro atoms. The quantitative estimate of drug-likeness (QED) is 0.700. The number of hydrogen-bond acceptors (Lipinski definition) is 2. The molecule has 0 amide bonds. The summed E-state index contributed by atoms with van der Waals surface area (Å²) in [5, 5.41) is 8.85. The van der Waals surface area contributed by atoms with E-state index in [0.29, 0.717) is 18.4 Å². The number of aliphatic carboxylic acids is 1. The van der Waals surface area contributed by atoms with Gasteiger partial charge in [0.1, 0.15) is 0 Å². The van der Waals surface area contributed by atoms with Crippen molar-refractivity contribution in [3.8, 4) is 0 Å². The number of carbonyl (C=O) groups is 1. The number of hydrogen-bond donors (Lipinski definition) is 2. The highest BCUT2D eigenvalue weighted by Crippen LogP contribution is 2.49. The summed E-state index contributed by atoms with van der Waals surface area (Å²) in [6, 6.07) is 0. The Kier molecular flexibility index (Phi) is 2.96. The Morgan fingerprint density at radius 3 is 2.23 bits per heavy atom. The molecule has 0 bridgehead atoms. The van der Waals surface area contributed by atoms with Crippen molar-refractivity contribution in [2.45, 2.75) is 33.1 Å². The molecule has 0 heterocycles. The van der Waals surface area contributed by atoms with Crippen LogP contribution in [0, 0.1) is 17.3 Å². The third-order valence-electron chi connectivity index (χ3n) is 3.86. The summed E-state index contributed by atoms with van der Waals surface area (Å²) in [6.07, 6.45) is 2.46. The van der Waals surface area contributed by atoms with E-state index in [2.05, 4.69) is 13.8 Å². The average molecular weight is 185 g/mol. The largest absolute Gasteiger partial charge is 0.481 e. The van der Waals surface area contributed by atoms with E-state index >= 15 is 0 Å². The summed E-state index contributed by atoms with van der Waals surface area (Å²) in [6.45, 7) is 4.75. The predicted octanol–water partition coefficient (Wildman–Crippen LogP) is 1.47. The molecule has 76 valence electrons. The van der Waals surface area contributed by atoms with Crippen LogP contribution >= 0.6 is 0 Å². The predicted molar refractivity (Wildman–Crippen MR) is 51.3 cm³/mol. The lowest BCUT2D eigenvalue weighted by Crippen LogP contribution is -2.39. The van der Waals surface area contributed by atoms with Crippen LogP contribution in [0.3, 0.4) is 0 Å². The minimum Gasteiger partial charge on any atom is -0.481 e. The molecule has 1 saturated carbocycles. The Hall–Kier alpha value is -0.570. The highest BCUT2D eigenvalue weighted by Gasteiger charge is 2.45. The lowest BCUT2D eigenvalue weighted by atomic mass is 9.71. The molecule has 1 fully saturated rings. The van der Waals surface area contributed by atoms with E-state index in [1.54, 1.807) is 0 Å². The van der Waals surface area contributed by atoms with Crippen molar-refractivity contribution in [3.63, 3.8) is 0 Å². The van der Waals surface area contributed by atoms with Gasteiger partial charge in [-0.3, -0.25) is 4.79 Å². The maximum atomic E-state index is 10.8. The second-order valence-electron chi connectivity index (χ2n) is 4.39. The second kappa shape index (κ2) is 3.66. The van der Waals surface area contributed by atoms with Crippen molar-refractivity contribution in [1.29, 1.82) is 0 Å². The number of nitrogens with two attached hydrogens (primary N) is 1. The second-order valence-corrected chi connectivity index (χ2v) is 4.39. The van der Waals surface area contributed by atoms with Gasteiger partial charge in [0.2, 0.25) is 0 Å². The minimum atomic E-state index is -0.717. The monoisotopic (exact) mass is 185 g/mol. The molecule has 0 aromatic rings. The summed E-state index contributed by atoms with van der Waals surface area (Å²) in [5.74, 6) is 0.179. The Morgan fingerprint density at radius 1 is 1.46 bits per heavy atom. The maximum Gasteiger partial charge on any atom is 0.303 e. The topological polar surface area (TPSA) is 63.3 Å². The molecular formula is C10H19NO2. The zero-order valence-corrected chi connectivity index (χ0v) is 8.42. The van der Waals surface area contributed by atoms with Gasteiger partial charge in [0.15, 0.2) is 0 Å². The van der Waals surface area contributed by atoms with Crippen LogP contribution in [0.15, 0.2) is 0 Å². The first-order valence-electron chi connectivity index (χ1n) is 4.95. The molecule has 0 aromatic heterocycles. The summed E-state index contributed by atoms with van der Waals surface area (Å²) in [4.78, 5) is 10.8. The van der Waals surface area contributed by atoms with E-state index in [1.807, 2.05) is 0 Å². The van der Waals surface area contributed by atoms with Gasteiger partial charge < -0.3 is 10.8 Å². The van der Waals surface area contributed by atoms with Gasteiger partial charge in [-0.2, -0.15) is 0 Å². The maximum absolute atomic E-state index is 10.8. The van der Waals surface area contributed by atoms with Crippen LogP contribution in [0.5, 0.6) is 0 Å². The lowest BCUT2D eigenvalue weighted by molar-refractivity contribution is -0.141. The van der Waals surface area contributed by atoms with E-state index in [4.69, 9.17) is 10.8 Å². The van der Waals surface area contributed by atoms with E-state index in [0.717, 1.165) is 12.8 Å². The SMILES string of the molecule is CC1CCC(C)C1(CN)CC(=O)O. The fourth-order valence-electron chi connectivity index (χ4n) is 2.67. The molecule has 13 heavy (non-hydrogen) atoms. The molecular weight excluding hydrogens is 166 g/mol. The molecule has 3 N–H and O–H groups in total. The number of carboxylic acid groups (broad SMARTS) is 1. The van der Waals surface area contributed by atoms with E-state index in [-0.39, 0.29) is 11.8 Å². The third kappa shape index (κ3) is 1.70. The van der Waals surface area contributed by atoms with Crippen LogP contribution < -0.4 is 5.73 Å². The van der Waals surface area contributed by atoms with Gasteiger partial charge >= 0.3 is 5.97 Å². The van der Waals surface area contributed by atoms with Gasteiger partial charge in [-0.1, -0.05) is 13.8 Å². The fourth-order valence-corrected chi connectivity index (χ4v) is 2.67. The van der Waals surface area contributed by atoms with Crippen molar-refractivity contribution in [2.75, 3.05) is 6.54 Å². The van der Waals surface area contributed by atoms with Crippen LogP contribution in [0.25, 0.3) is 0 Å². The van der Waals surface area contributed by atoms with E-state index < -0.39 is 5.97 Å². The minimum absolute atomic E-state index is 0.147. The summed E-state index contributed by atoms with van der Waals surface area (Å²) in [5.41, 5.74) is 5.59. The highest BCUT2D eigenvalue weighted by atomic mass is 16.4. The standard InChI is InChI=1S/C10H19NO2/c1-7-3-4-8(2)10(7,6-11)5-9(12)13/h7-8H,3-6,11H2,1-2H3,(H,12,13). The third-order valence-corrected chi connectivity index (χ3v) is 3.86. The molecule has 1 aliphatic carbocycles. The van der Waals surface area contributed by atoms with Crippen molar-refractivity contribution in [1.82, 2.24) is 0 Å². The zero-order valence-electron chi connectivity index (χ0n) is 8.42. The molecule has 0 aliphatic heterocycles. The van der Waals surface area contributed by atoms with Gasteiger partial charge in [-0.15, -0.1) is 0 Å². The average Bonchev–Trinajstić information content (AvgIpc) is 2.32. The Morgan fingerprint density at radius 2 is 1.92 bits per heavy atom. The normalized spacial score (nSPS) is 39.3. The van der Waals surface area contributed by atoms with Crippen LogP contribution in [0.2, 0.25) is 0 Å². The molecule has 3 nitrogen and oxygen atoms in total. The molecule has 3 heteroatoms. The van der Waals surface area contributed by atoms with Crippen LogP contribution in [-0.4, -0.2) is 17.6 Å². The molecule has 2 unspecified atom stereocenters. The van der Waals surface area contributed by atoms with Crippen molar-refractivity contribution in [2.24, 2.45) is 23.0 Å². The lowest BCUT2D eigenvalue weighted by Gasteiger charge is -2.35. The Labute approximate surface area is 79.3 Å². The van der Waals surface area contributed by atoms with Crippen molar-refractivity contribution in [3.05, 3.63) is 0 Å². The van der Waals surface area contributed by atoms with Crippen LogP contribution in [0.4, 0.5) is 0 Å². The first kappa shape index (κ1) is 10.5. The number of carboxylic acids is 1. The van der Waals surface area contributed by atoms with Crippen LogP contribution in [-0.2, 0) is 4.79 Å². The van der Waals surface area contributed by atoms with Gasteiger partial charge in [0, 0.05) is 0 Å².